The Morgan fingerprint density at radius 3 is 2.95 bits per heavy atom. The Balaban J connectivity index is 1.77. The second kappa shape index (κ2) is 5.98. The van der Waals surface area contributed by atoms with Gasteiger partial charge in [-0.15, -0.1) is 0 Å². The van der Waals surface area contributed by atoms with E-state index in [-0.39, 0.29) is 10.7 Å². The highest BCUT2D eigenvalue weighted by Crippen LogP contribution is 2.33. The van der Waals surface area contributed by atoms with Crippen molar-refractivity contribution in [1.82, 2.24) is 14.7 Å². The Labute approximate surface area is 126 Å². The number of nitrogens with one attached hydrogen (secondary N) is 1. The summed E-state index contributed by atoms with van der Waals surface area (Å²) < 4.78 is 1.57. The number of rotatable bonds is 5. The van der Waals surface area contributed by atoms with Crippen LogP contribution in [0.2, 0.25) is 0 Å². The van der Waals surface area contributed by atoms with Gasteiger partial charge in [-0.2, -0.15) is 9.38 Å². The Morgan fingerprint density at radius 2 is 2.29 bits per heavy atom. The molecule has 0 aromatic carbocycles. The lowest BCUT2D eigenvalue weighted by molar-refractivity contribution is -0.389. The fourth-order valence-corrected chi connectivity index (χ4v) is 3.55. The molecule has 3 heterocycles. The molecule has 3 rings (SSSR count). The predicted octanol–water partition coefficient (Wildman–Crippen LogP) is 2.13. The zero-order valence-electron chi connectivity index (χ0n) is 12.0. The third kappa shape index (κ3) is 2.73. The van der Waals surface area contributed by atoms with Gasteiger partial charge in [0, 0.05) is 18.5 Å². The molecule has 0 bridgehead atoms. The number of hydrogen-bond donors (Lipinski definition) is 1. The summed E-state index contributed by atoms with van der Waals surface area (Å²) in [6.07, 6.45) is 3.82. The maximum absolute atomic E-state index is 11.4. The Kier molecular flexibility index (Phi) is 4.07. The summed E-state index contributed by atoms with van der Waals surface area (Å²) in [6.45, 7) is 5.80. The lowest BCUT2D eigenvalue weighted by Gasteiger charge is -2.31. The van der Waals surface area contributed by atoms with Crippen LogP contribution in [0.1, 0.15) is 19.8 Å². The van der Waals surface area contributed by atoms with E-state index in [1.54, 1.807) is 10.6 Å². The smallest absolute Gasteiger partial charge is 0.358 e. The summed E-state index contributed by atoms with van der Waals surface area (Å²) in [5, 5.41) is 16.6. The van der Waals surface area contributed by atoms with Gasteiger partial charge < -0.3 is 20.3 Å². The van der Waals surface area contributed by atoms with Gasteiger partial charge in [-0.3, -0.25) is 0 Å². The Bertz CT molecular complexity index is 630. The van der Waals surface area contributed by atoms with Crippen LogP contribution in [0.25, 0.3) is 4.96 Å². The van der Waals surface area contributed by atoms with Gasteiger partial charge in [-0.1, -0.05) is 18.3 Å². The first kappa shape index (κ1) is 14.3. The van der Waals surface area contributed by atoms with Crippen molar-refractivity contribution in [2.75, 3.05) is 31.1 Å². The van der Waals surface area contributed by atoms with E-state index in [0.29, 0.717) is 16.7 Å². The topological polar surface area (TPSA) is 75.7 Å². The fraction of sp³-hybridized carbons (Fsp3) is 0.615. The van der Waals surface area contributed by atoms with Crippen LogP contribution >= 0.6 is 11.3 Å². The van der Waals surface area contributed by atoms with Crippen LogP contribution < -0.4 is 10.2 Å². The first-order chi connectivity index (χ1) is 10.2. The molecule has 7 nitrogen and oxygen atoms in total. The largest absolute Gasteiger partial charge is 0.373 e. The van der Waals surface area contributed by atoms with Crippen molar-refractivity contribution in [3.8, 4) is 0 Å². The van der Waals surface area contributed by atoms with Crippen LogP contribution in [0.15, 0.2) is 11.6 Å². The van der Waals surface area contributed by atoms with Gasteiger partial charge in [-0.05, 0) is 36.8 Å². The molecule has 2 aromatic heterocycles. The summed E-state index contributed by atoms with van der Waals surface area (Å²) >= 11 is 1.43. The quantitative estimate of drug-likeness (QED) is 0.676. The molecule has 0 aliphatic carbocycles. The molecule has 1 aliphatic rings. The molecule has 8 heteroatoms. The van der Waals surface area contributed by atoms with E-state index >= 15 is 0 Å². The maximum atomic E-state index is 11.4. The molecule has 1 saturated heterocycles. The van der Waals surface area contributed by atoms with Crippen molar-refractivity contribution in [2.45, 2.75) is 19.8 Å². The van der Waals surface area contributed by atoms with Crippen molar-refractivity contribution >= 4 is 27.9 Å². The number of piperidine rings is 1. The molecule has 21 heavy (non-hydrogen) atoms. The van der Waals surface area contributed by atoms with Gasteiger partial charge in [0.2, 0.25) is 5.82 Å². The molecule has 2 aromatic rings. The molecule has 0 unspecified atom stereocenters. The van der Waals surface area contributed by atoms with Crippen LogP contribution in [0.4, 0.5) is 11.6 Å². The van der Waals surface area contributed by atoms with Gasteiger partial charge in [0.25, 0.3) is 4.96 Å². The summed E-state index contributed by atoms with van der Waals surface area (Å²) in [5.41, 5.74) is 0. The molecule has 0 atom stereocenters. The molecule has 114 valence electrons. The number of nitrogens with zero attached hydrogens (tertiary/aromatic N) is 4. The van der Waals surface area contributed by atoms with Crippen molar-refractivity contribution in [3.63, 3.8) is 0 Å². The van der Waals surface area contributed by atoms with Gasteiger partial charge in [0.1, 0.15) is 6.20 Å². The first-order valence-electron chi connectivity index (χ1n) is 7.26. The van der Waals surface area contributed by atoms with E-state index in [9.17, 15) is 10.1 Å². The van der Waals surface area contributed by atoms with Gasteiger partial charge in [0.05, 0.1) is 0 Å². The van der Waals surface area contributed by atoms with Crippen LogP contribution in [0.3, 0.4) is 0 Å². The van der Waals surface area contributed by atoms with Crippen LogP contribution in [0.5, 0.6) is 0 Å². The summed E-state index contributed by atoms with van der Waals surface area (Å²) in [4.78, 5) is 18.2. The number of fused-ring (bicyclic) bond motifs is 1. The fourth-order valence-electron chi connectivity index (χ4n) is 2.84. The van der Waals surface area contributed by atoms with E-state index in [2.05, 4.69) is 22.1 Å². The number of hydrogen-bond acceptors (Lipinski definition) is 6. The van der Waals surface area contributed by atoms with Crippen molar-refractivity contribution in [1.29, 1.82) is 0 Å². The van der Waals surface area contributed by atoms with E-state index in [1.165, 1.54) is 11.3 Å². The van der Waals surface area contributed by atoms with Crippen LogP contribution in [-0.2, 0) is 0 Å². The van der Waals surface area contributed by atoms with E-state index in [1.807, 2.05) is 5.38 Å². The monoisotopic (exact) mass is 309 g/mol. The molecular formula is C13H19N5O2S. The highest BCUT2D eigenvalue weighted by molar-refractivity contribution is 7.15. The lowest BCUT2D eigenvalue weighted by Crippen LogP contribution is -2.37. The van der Waals surface area contributed by atoms with E-state index in [0.717, 1.165) is 39.0 Å². The van der Waals surface area contributed by atoms with Gasteiger partial charge in [0.15, 0.2) is 0 Å². The highest BCUT2D eigenvalue weighted by Gasteiger charge is 2.30. The summed E-state index contributed by atoms with van der Waals surface area (Å²) in [5.74, 6) is 1.27. The number of thiazole rings is 1. The minimum Gasteiger partial charge on any atom is -0.358 e. The SMILES string of the molecule is CCNCC1CCN(c2nc3sccn3c2[N+](=O)[O-])CC1. The average molecular weight is 309 g/mol. The summed E-state index contributed by atoms with van der Waals surface area (Å²) in [6, 6.07) is 0. The normalized spacial score (nSPS) is 16.7. The Morgan fingerprint density at radius 1 is 1.52 bits per heavy atom. The molecule has 1 aliphatic heterocycles. The third-order valence-electron chi connectivity index (χ3n) is 3.99. The molecule has 0 saturated carbocycles. The van der Waals surface area contributed by atoms with E-state index < -0.39 is 0 Å². The molecule has 0 amide bonds. The third-order valence-corrected chi connectivity index (χ3v) is 4.75. The Hall–Kier alpha value is -1.67. The number of aromatic nitrogens is 2. The van der Waals surface area contributed by atoms with Crippen LogP contribution in [-0.4, -0.2) is 40.5 Å². The average Bonchev–Trinajstić information content (AvgIpc) is 3.05. The van der Waals surface area contributed by atoms with Crippen molar-refractivity contribution < 1.29 is 4.92 Å². The highest BCUT2D eigenvalue weighted by atomic mass is 32.1. The minimum atomic E-state index is -0.327. The van der Waals surface area contributed by atoms with Crippen molar-refractivity contribution in [2.24, 2.45) is 5.92 Å². The number of imidazole rings is 1. The maximum Gasteiger partial charge on any atom is 0.373 e. The minimum absolute atomic E-state index is 0.0939. The second-order valence-corrected chi connectivity index (χ2v) is 6.18. The second-order valence-electron chi connectivity index (χ2n) is 5.31. The zero-order valence-corrected chi connectivity index (χ0v) is 12.8. The first-order valence-corrected chi connectivity index (χ1v) is 8.14. The van der Waals surface area contributed by atoms with Gasteiger partial charge >= 0.3 is 5.82 Å². The van der Waals surface area contributed by atoms with Crippen molar-refractivity contribution in [3.05, 3.63) is 21.7 Å². The predicted molar refractivity (Wildman–Crippen MR) is 83.2 cm³/mol. The molecule has 0 radical (unpaired) electrons. The zero-order chi connectivity index (χ0) is 14.8. The van der Waals surface area contributed by atoms with E-state index in [4.69, 9.17) is 0 Å². The summed E-state index contributed by atoms with van der Waals surface area (Å²) in [7, 11) is 0. The molecule has 1 N–H and O–H groups in total. The number of anilines is 1. The van der Waals surface area contributed by atoms with Gasteiger partial charge in [-0.25, -0.2) is 0 Å². The lowest BCUT2D eigenvalue weighted by atomic mass is 9.97. The number of nitro groups is 1. The molecule has 0 spiro atoms. The molecule has 1 fully saturated rings. The van der Waals surface area contributed by atoms with Crippen LogP contribution in [0, 0.1) is 16.0 Å². The standard InChI is InChI=1S/C13H19N5O2S/c1-2-14-9-10-3-5-16(6-4-10)11-12(18(19)20)17-7-8-21-13(17)15-11/h7-8,10,14H,2-6,9H2,1H3. The molecular weight excluding hydrogens is 290 g/mol.